The van der Waals surface area contributed by atoms with Crippen LogP contribution in [0.4, 0.5) is 0 Å². The molecule has 2 rings (SSSR count). The SMILES string of the molecule is CCCCCCC/C=C\C/C=C\CCCCCCCCCCCCCCCCCCCCCCCCCCCCCC(=O)NC(COC1OC(CO)C(OC2OC(CO)C(O)C(O)C2O)C(O)C1O)C(O)/C=C/CC/C=C/CCCCCCCCCCCCCCCCCCCCCCCCCCCCC. The number of allylic oxidation sites excluding steroid dienone is 7. The van der Waals surface area contributed by atoms with E-state index in [2.05, 4.69) is 55.6 Å². The largest absolute Gasteiger partial charge is 0.394 e. The fraction of sp³-hybridized carbons (Fsp3) is 0.902. The van der Waals surface area contributed by atoms with E-state index >= 15 is 0 Å². The smallest absolute Gasteiger partial charge is 0.220 e. The Morgan fingerprint density at radius 3 is 0.981 bits per heavy atom. The van der Waals surface area contributed by atoms with Crippen LogP contribution in [0.3, 0.4) is 0 Å². The van der Waals surface area contributed by atoms with Gasteiger partial charge in [-0.3, -0.25) is 4.79 Å². The predicted octanol–water partition coefficient (Wildman–Crippen LogP) is 22.5. The van der Waals surface area contributed by atoms with Gasteiger partial charge in [0.25, 0.3) is 0 Å². The van der Waals surface area contributed by atoms with Crippen LogP contribution in [0.15, 0.2) is 48.6 Å². The average molecular weight is 1500 g/mol. The molecule has 1 amide bonds. The Morgan fingerprint density at radius 2 is 0.632 bits per heavy atom. The van der Waals surface area contributed by atoms with E-state index in [0.29, 0.717) is 12.8 Å². The molecular weight excluding hydrogens is 1330 g/mol. The van der Waals surface area contributed by atoms with Crippen molar-refractivity contribution in [1.29, 1.82) is 0 Å². The summed E-state index contributed by atoms with van der Waals surface area (Å²) in [7, 11) is 0. The van der Waals surface area contributed by atoms with Gasteiger partial charge in [-0.2, -0.15) is 0 Å². The summed E-state index contributed by atoms with van der Waals surface area (Å²) in [6.07, 6.45) is 86.8. The zero-order chi connectivity index (χ0) is 76.5. The molecule has 12 atom stereocenters. The average Bonchev–Trinajstić information content (AvgIpc) is 0.789. The summed E-state index contributed by atoms with van der Waals surface area (Å²) in [5, 5.41) is 87.9. The number of rotatable bonds is 79. The number of hydrogen-bond donors (Lipinski definition) is 9. The molecule has 624 valence electrons. The highest BCUT2D eigenvalue weighted by molar-refractivity contribution is 5.76. The standard InChI is InChI=1S/C92H173NO13/c1-3-5-7-9-11-13-15-17-19-21-23-25-27-29-31-33-35-37-38-39-40-41-42-44-46-48-50-52-54-56-58-60-62-64-66-68-70-72-74-76-84(97)93-80(79-103-91-89(102)87(100)90(83(78-95)105-91)106-92-88(101)86(99)85(98)82(77-94)104-92)81(96)75-73-71-69-67-65-63-61-59-57-55-53-51-49-47-45-43-36-34-32-30-28-26-24-22-20-18-16-14-12-10-8-6-4-2/h15,17,21,23,65,67,73,75,80-83,85-92,94-96,98-102H,3-14,16,18-20,22,24-64,66,68-72,74,76-79H2,1-2H3,(H,93,97)/b17-15-,23-21-,67-65+,75-73+. The van der Waals surface area contributed by atoms with E-state index in [1.165, 1.54) is 366 Å². The maximum atomic E-state index is 13.4. The Hall–Kier alpha value is -2.05. The molecular formula is C92H173NO13. The van der Waals surface area contributed by atoms with Crippen molar-refractivity contribution in [1.82, 2.24) is 5.32 Å². The highest BCUT2D eigenvalue weighted by Gasteiger charge is 2.51. The molecule has 9 N–H and O–H groups in total. The molecule has 106 heavy (non-hydrogen) atoms. The minimum atomic E-state index is -1.79. The first-order valence-electron chi connectivity index (χ1n) is 45.9. The number of unbranched alkanes of at least 4 members (excludes halogenated alkanes) is 60. The summed E-state index contributed by atoms with van der Waals surface area (Å²) >= 11 is 0. The van der Waals surface area contributed by atoms with Gasteiger partial charge in [-0.15, -0.1) is 0 Å². The molecule has 0 aromatic rings. The number of aliphatic hydroxyl groups is 8. The van der Waals surface area contributed by atoms with Gasteiger partial charge in [0.15, 0.2) is 12.6 Å². The molecule has 12 unspecified atom stereocenters. The second-order valence-electron chi connectivity index (χ2n) is 32.4. The van der Waals surface area contributed by atoms with Gasteiger partial charge < -0.3 is 65.1 Å². The summed E-state index contributed by atoms with van der Waals surface area (Å²) in [6.45, 7) is 2.85. The van der Waals surface area contributed by atoms with Gasteiger partial charge in [-0.25, -0.2) is 0 Å². The summed E-state index contributed by atoms with van der Waals surface area (Å²) < 4.78 is 23.0. The van der Waals surface area contributed by atoms with E-state index in [4.69, 9.17) is 18.9 Å². The van der Waals surface area contributed by atoms with Crippen LogP contribution < -0.4 is 5.32 Å². The summed E-state index contributed by atoms with van der Waals surface area (Å²) in [6, 6.07) is -0.933. The fourth-order valence-corrected chi connectivity index (χ4v) is 15.3. The second kappa shape index (κ2) is 75.6. The van der Waals surface area contributed by atoms with Crippen molar-refractivity contribution in [2.75, 3.05) is 19.8 Å². The molecule has 0 spiro atoms. The van der Waals surface area contributed by atoms with Crippen molar-refractivity contribution in [3.63, 3.8) is 0 Å². The molecule has 14 heteroatoms. The number of nitrogens with one attached hydrogen (secondary N) is 1. The van der Waals surface area contributed by atoms with E-state index in [-0.39, 0.29) is 18.9 Å². The van der Waals surface area contributed by atoms with Gasteiger partial charge in [0.1, 0.15) is 48.8 Å². The Bertz CT molecular complexity index is 1970. The topological polar surface area (TPSA) is 228 Å². The lowest BCUT2D eigenvalue weighted by molar-refractivity contribution is -0.359. The lowest BCUT2D eigenvalue weighted by Crippen LogP contribution is -2.65. The molecule has 2 aliphatic heterocycles. The Morgan fingerprint density at radius 1 is 0.340 bits per heavy atom. The lowest BCUT2D eigenvalue weighted by Gasteiger charge is -2.46. The van der Waals surface area contributed by atoms with Crippen molar-refractivity contribution < 1.29 is 64.6 Å². The first-order chi connectivity index (χ1) is 52.1. The number of amides is 1. The maximum absolute atomic E-state index is 13.4. The van der Waals surface area contributed by atoms with Gasteiger partial charge >= 0.3 is 0 Å². The molecule has 0 bridgehead atoms. The minimum Gasteiger partial charge on any atom is -0.394 e. The number of ether oxygens (including phenoxy) is 4. The van der Waals surface area contributed by atoms with Crippen molar-refractivity contribution in [3.05, 3.63) is 48.6 Å². The number of carbonyl (C=O) groups excluding carboxylic acids is 1. The third kappa shape index (κ3) is 57.0. The molecule has 14 nitrogen and oxygen atoms in total. The van der Waals surface area contributed by atoms with Crippen molar-refractivity contribution >= 4 is 5.91 Å². The van der Waals surface area contributed by atoms with E-state index < -0.39 is 86.8 Å². The molecule has 2 saturated heterocycles. The minimum absolute atomic E-state index is 0.240. The lowest BCUT2D eigenvalue weighted by atomic mass is 9.97. The van der Waals surface area contributed by atoms with Crippen LogP contribution in [-0.4, -0.2) is 140 Å². The highest BCUT2D eigenvalue weighted by atomic mass is 16.7. The van der Waals surface area contributed by atoms with Crippen molar-refractivity contribution in [2.24, 2.45) is 0 Å². The van der Waals surface area contributed by atoms with Crippen LogP contribution in [0.2, 0.25) is 0 Å². The van der Waals surface area contributed by atoms with Gasteiger partial charge in [0.2, 0.25) is 5.91 Å². The number of aliphatic hydroxyl groups excluding tert-OH is 8. The first kappa shape index (κ1) is 100. The van der Waals surface area contributed by atoms with Crippen molar-refractivity contribution in [3.8, 4) is 0 Å². The van der Waals surface area contributed by atoms with Crippen LogP contribution in [-0.2, 0) is 23.7 Å². The highest BCUT2D eigenvalue weighted by Crippen LogP contribution is 2.31. The summed E-state index contributed by atoms with van der Waals surface area (Å²) in [4.78, 5) is 13.4. The number of hydrogen-bond acceptors (Lipinski definition) is 13. The van der Waals surface area contributed by atoms with Gasteiger partial charge in [-0.1, -0.05) is 416 Å². The molecule has 0 saturated carbocycles. The van der Waals surface area contributed by atoms with Crippen molar-refractivity contribution in [2.45, 2.75) is 511 Å². The predicted molar refractivity (Wildman–Crippen MR) is 443 cm³/mol. The Balaban J connectivity index is 1.56. The molecule has 2 heterocycles. The molecule has 0 aliphatic carbocycles. The second-order valence-corrected chi connectivity index (χ2v) is 32.4. The number of carbonyl (C=O) groups is 1. The molecule has 0 aromatic carbocycles. The van der Waals surface area contributed by atoms with E-state index in [9.17, 15) is 45.6 Å². The van der Waals surface area contributed by atoms with Crippen LogP contribution in [0.1, 0.15) is 438 Å². The fourth-order valence-electron chi connectivity index (χ4n) is 15.3. The van der Waals surface area contributed by atoms with Crippen LogP contribution in [0.25, 0.3) is 0 Å². The van der Waals surface area contributed by atoms with Crippen LogP contribution >= 0.6 is 0 Å². The van der Waals surface area contributed by atoms with Crippen LogP contribution in [0, 0.1) is 0 Å². The molecule has 0 radical (unpaired) electrons. The van der Waals surface area contributed by atoms with Gasteiger partial charge in [-0.05, 0) is 64.2 Å². The molecule has 0 aromatic heterocycles. The quantitative estimate of drug-likeness (QED) is 0.0204. The zero-order valence-corrected chi connectivity index (χ0v) is 69.0. The third-order valence-electron chi connectivity index (χ3n) is 22.5. The molecule has 2 fully saturated rings. The maximum Gasteiger partial charge on any atom is 0.220 e. The Labute approximate surface area is 652 Å². The molecule has 2 aliphatic rings. The van der Waals surface area contributed by atoms with Gasteiger partial charge in [0.05, 0.1) is 32.0 Å². The summed E-state index contributed by atoms with van der Waals surface area (Å²) in [5.41, 5.74) is 0. The van der Waals surface area contributed by atoms with E-state index in [1.807, 2.05) is 6.08 Å². The first-order valence-corrected chi connectivity index (χ1v) is 45.9. The normalized spacial score (nSPS) is 21.5. The Kier molecular flexibility index (Phi) is 71.4. The summed E-state index contributed by atoms with van der Waals surface area (Å²) in [5.74, 6) is -0.240. The monoisotopic (exact) mass is 1500 g/mol. The third-order valence-corrected chi connectivity index (χ3v) is 22.5. The van der Waals surface area contributed by atoms with E-state index in [0.717, 1.165) is 38.5 Å². The van der Waals surface area contributed by atoms with Gasteiger partial charge in [0, 0.05) is 6.42 Å². The zero-order valence-electron chi connectivity index (χ0n) is 69.0. The van der Waals surface area contributed by atoms with Crippen LogP contribution in [0.5, 0.6) is 0 Å². The van der Waals surface area contributed by atoms with E-state index in [1.54, 1.807) is 6.08 Å².